The molecule has 0 aromatic heterocycles. The van der Waals surface area contributed by atoms with Gasteiger partial charge >= 0.3 is 6.18 Å². The molecule has 1 aliphatic heterocycles. The molecule has 2 N–H and O–H groups in total. The highest BCUT2D eigenvalue weighted by Crippen LogP contribution is 2.16. The molecule has 0 spiro atoms. The Labute approximate surface area is 119 Å². The third-order valence-electron chi connectivity index (χ3n) is 3.76. The topological polar surface area (TPSA) is 41.7 Å². The van der Waals surface area contributed by atoms with Gasteiger partial charge in [0.25, 0.3) is 0 Å². The van der Waals surface area contributed by atoms with Gasteiger partial charge < -0.3 is 15.4 Å². The number of nitrogens with two attached hydrogens (primary N) is 1. The number of halogens is 3. The zero-order valence-electron chi connectivity index (χ0n) is 12.4. The fourth-order valence-electron chi connectivity index (χ4n) is 2.28. The Balaban J connectivity index is 2.11. The summed E-state index contributed by atoms with van der Waals surface area (Å²) in [5.74, 6) is 0. The smallest absolute Gasteiger partial charge is 0.372 e. The van der Waals surface area contributed by atoms with Crippen molar-refractivity contribution in [2.24, 2.45) is 5.73 Å². The van der Waals surface area contributed by atoms with Crippen LogP contribution in [0.15, 0.2) is 0 Å². The molecule has 0 bridgehead atoms. The van der Waals surface area contributed by atoms with Crippen LogP contribution in [0.2, 0.25) is 0 Å². The van der Waals surface area contributed by atoms with E-state index in [1.54, 1.807) is 0 Å². The van der Waals surface area contributed by atoms with Gasteiger partial charge in [0.1, 0.15) is 6.61 Å². The van der Waals surface area contributed by atoms with Gasteiger partial charge in [-0.3, -0.25) is 4.90 Å². The second kappa shape index (κ2) is 7.59. The van der Waals surface area contributed by atoms with Gasteiger partial charge in [-0.2, -0.15) is 13.2 Å². The van der Waals surface area contributed by atoms with Gasteiger partial charge in [-0.15, -0.1) is 0 Å². The second-order valence-corrected chi connectivity index (χ2v) is 5.87. The van der Waals surface area contributed by atoms with Crippen LogP contribution in [0.3, 0.4) is 0 Å². The van der Waals surface area contributed by atoms with E-state index in [4.69, 9.17) is 5.73 Å². The van der Waals surface area contributed by atoms with Gasteiger partial charge in [-0.05, 0) is 20.3 Å². The van der Waals surface area contributed by atoms with Crippen LogP contribution in [-0.2, 0) is 4.74 Å². The largest absolute Gasteiger partial charge is 0.411 e. The van der Waals surface area contributed by atoms with Gasteiger partial charge in [0.2, 0.25) is 0 Å². The molecule has 120 valence electrons. The number of rotatable bonds is 7. The lowest BCUT2D eigenvalue weighted by molar-refractivity contribution is -0.174. The standard InChI is InChI=1S/C13H26F3N3O/c1-12(2,10-17)19-7-5-18(6-8-19)4-3-9-20-11-13(14,15)16/h3-11,17H2,1-2H3. The molecule has 1 rings (SSSR count). The Morgan fingerprint density at radius 3 is 2.20 bits per heavy atom. The molecule has 0 radical (unpaired) electrons. The Morgan fingerprint density at radius 1 is 1.10 bits per heavy atom. The van der Waals surface area contributed by atoms with Crippen molar-refractivity contribution in [1.82, 2.24) is 9.80 Å². The Bertz CT molecular complexity index is 277. The van der Waals surface area contributed by atoms with Gasteiger partial charge in [-0.1, -0.05) is 0 Å². The van der Waals surface area contributed by atoms with Crippen LogP contribution in [0.4, 0.5) is 13.2 Å². The van der Waals surface area contributed by atoms with Gasteiger partial charge in [0.05, 0.1) is 0 Å². The maximum Gasteiger partial charge on any atom is 0.411 e. The Kier molecular flexibility index (Phi) is 6.71. The Morgan fingerprint density at radius 2 is 1.70 bits per heavy atom. The fraction of sp³-hybridized carbons (Fsp3) is 1.00. The monoisotopic (exact) mass is 297 g/mol. The van der Waals surface area contributed by atoms with Crippen LogP contribution in [0.5, 0.6) is 0 Å². The molecule has 1 fully saturated rings. The van der Waals surface area contributed by atoms with Crippen molar-refractivity contribution in [1.29, 1.82) is 0 Å². The summed E-state index contributed by atoms with van der Waals surface area (Å²) >= 11 is 0. The summed E-state index contributed by atoms with van der Waals surface area (Å²) in [6.45, 7) is 8.46. The van der Waals surface area contributed by atoms with Gasteiger partial charge in [0, 0.05) is 51.4 Å². The van der Waals surface area contributed by atoms with Crippen LogP contribution in [0, 0.1) is 0 Å². The predicted molar refractivity (Wildman–Crippen MR) is 72.6 cm³/mol. The molecule has 0 unspecified atom stereocenters. The molecule has 0 saturated carbocycles. The Hall–Kier alpha value is -0.370. The molecular weight excluding hydrogens is 271 g/mol. The molecule has 1 saturated heterocycles. The third-order valence-corrected chi connectivity index (χ3v) is 3.76. The summed E-state index contributed by atoms with van der Waals surface area (Å²) in [4.78, 5) is 4.63. The minimum absolute atomic E-state index is 0.0158. The van der Waals surface area contributed by atoms with E-state index in [1.807, 2.05) is 0 Å². The van der Waals surface area contributed by atoms with E-state index in [1.165, 1.54) is 0 Å². The van der Waals surface area contributed by atoms with E-state index < -0.39 is 12.8 Å². The molecule has 4 nitrogen and oxygen atoms in total. The van der Waals surface area contributed by atoms with Crippen molar-refractivity contribution in [3.05, 3.63) is 0 Å². The molecule has 1 aliphatic rings. The minimum atomic E-state index is -4.22. The molecule has 0 amide bonds. The summed E-state index contributed by atoms with van der Waals surface area (Å²) in [6, 6.07) is 0. The van der Waals surface area contributed by atoms with Crippen LogP contribution < -0.4 is 5.73 Å². The highest BCUT2D eigenvalue weighted by atomic mass is 19.4. The quantitative estimate of drug-likeness (QED) is 0.720. The molecule has 0 aromatic carbocycles. The summed E-state index contributed by atoms with van der Waals surface area (Å²) in [5, 5.41) is 0. The molecule has 0 aromatic rings. The lowest BCUT2D eigenvalue weighted by Crippen LogP contribution is -2.57. The van der Waals surface area contributed by atoms with E-state index >= 15 is 0 Å². The number of nitrogens with zero attached hydrogens (tertiary/aromatic N) is 2. The van der Waals surface area contributed by atoms with Crippen LogP contribution in [0.25, 0.3) is 0 Å². The highest BCUT2D eigenvalue weighted by Gasteiger charge is 2.29. The van der Waals surface area contributed by atoms with E-state index in [0.717, 1.165) is 32.7 Å². The average molecular weight is 297 g/mol. The van der Waals surface area contributed by atoms with Crippen LogP contribution in [0.1, 0.15) is 20.3 Å². The molecular formula is C13H26F3N3O. The van der Waals surface area contributed by atoms with Crippen molar-refractivity contribution in [2.75, 3.05) is 52.5 Å². The van der Waals surface area contributed by atoms with E-state index in [-0.39, 0.29) is 12.1 Å². The van der Waals surface area contributed by atoms with E-state index in [2.05, 4.69) is 28.4 Å². The first-order chi connectivity index (χ1) is 9.24. The maximum absolute atomic E-state index is 11.9. The normalized spacial score (nSPS) is 19.5. The van der Waals surface area contributed by atoms with Crippen molar-refractivity contribution < 1.29 is 17.9 Å². The molecule has 20 heavy (non-hydrogen) atoms. The molecule has 0 aliphatic carbocycles. The SMILES string of the molecule is CC(C)(CN)N1CCN(CCCOCC(F)(F)F)CC1. The number of piperazine rings is 1. The summed E-state index contributed by atoms with van der Waals surface area (Å²) in [6.07, 6.45) is -3.59. The molecule has 7 heteroatoms. The first-order valence-corrected chi connectivity index (χ1v) is 7.06. The van der Waals surface area contributed by atoms with Crippen molar-refractivity contribution in [3.8, 4) is 0 Å². The molecule has 0 atom stereocenters. The zero-order valence-corrected chi connectivity index (χ0v) is 12.4. The maximum atomic E-state index is 11.9. The summed E-state index contributed by atoms with van der Waals surface area (Å²) in [5.41, 5.74) is 5.77. The predicted octanol–water partition coefficient (Wildman–Crippen LogP) is 1.31. The van der Waals surface area contributed by atoms with Crippen molar-refractivity contribution in [2.45, 2.75) is 32.0 Å². The highest BCUT2D eigenvalue weighted by molar-refractivity contribution is 4.86. The molecule has 1 heterocycles. The zero-order chi connectivity index (χ0) is 15.2. The third kappa shape index (κ3) is 6.39. The lowest BCUT2D eigenvalue weighted by atomic mass is 10.0. The van der Waals surface area contributed by atoms with E-state index in [9.17, 15) is 13.2 Å². The lowest BCUT2D eigenvalue weighted by Gasteiger charge is -2.43. The first kappa shape index (κ1) is 17.7. The number of hydrogen-bond acceptors (Lipinski definition) is 4. The van der Waals surface area contributed by atoms with Crippen molar-refractivity contribution in [3.63, 3.8) is 0 Å². The number of alkyl halides is 3. The number of ether oxygens (including phenoxy) is 1. The van der Waals surface area contributed by atoms with Gasteiger partial charge in [-0.25, -0.2) is 0 Å². The van der Waals surface area contributed by atoms with E-state index in [0.29, 0.717) is 13.0 Å². The first-order valence-electron chi connectivity index (χ1n) is 7.06. The fourth-order valence-corrected chi connectivity index (χ4v) is 2.28. The van der Waals surface area contributed by atoms with Crippen LogP contribution >= 0.6 is 0 Å². The summed E-state index contributed by atoms with van der Waals surface area (Å²) in [7, 11) is 0. The summed E-state index contributed by atoms with van der Waals surface area (Å²) < 4.78 is 40.2. The van der Waals surface area contributed by atoms with Crippen LogP contribution in [-0.4, -0.2) is 74.0 Å². The van der Waals surface area contributed by atoms with Crippen molar-refractivity contribution >= 4 is 0 Å². The second-order valence-electron chi connectivity index (χ2n) is 5.87. The van der Waals surface area contributed by atoms with Gasteiger partial charge in [0.15, 0.2) is 0 Å². The number of hydrogen-bond donors (Lipinski definition) is 1. The average Bonchev–Trinajstić information content (AvgIpc) is 2.37. The minimum Gasteiger partial charge on any atom is -0.372 e.